The Hall–Kier alpha value is -3.55. The number of aromatic nitrogens is 4. The number of benzene rings is 1. The molecule has 0 amide bonds. The number of methoxy groups -OCH3 is 1. The van der Waals surface area contributed by atoms with Crippen molar-refractivity contribution in [1.29, 1.82) is 0 Å². The maximum atomic E-state index is 12.8. The Labute approximate surface area is 180 Å². The van der Waals surface area contributed by atoms with Crippen LogP contribution in [0.5, 0.6) is 11.5 Å². The summed E-state index contributed by atoms with van der Waals surface area (Å²) in [6, 6.07) is 7.19. The van der Waals surface area contributed by atoms with Crippen molar-refractivity contribution in [2.75, 3.05) is 13.7 Å². The van der Waals surface area contributed by atoms with E-state index in [1.807, 2.05) is 52.9 Å². The molecule has 3 aromatic heterocycles. The van der Waals surface area contributed by atoms with Crippen LogP contribution in [-0.4, -0.2) is 33.0 Å². The summed E-state index contributed by atoms with van der Waals surface area (Å²) in [7, 11) is 3.44. The van der Waals surface area contributed by atoms with Gasteiger partial charge in [-0.2, -0.15) is 5.10 Å². The predicted octanol–water partition coefficient (Wildman–Crippen LogP) is 3.77. The van der Waals surface area contributed by atoms with E-state index in [1.165, 1.54) is 0 Å². The van der Waals surface area contributed by atoms with Crippen LogP contribution >= 0.6 is 0 Å². The molecule has 1 aromatic carbocycles. The van der Waals surface area contributed by atoms with Gasteiger partial charge >= 0.3 is 0 Å². The van der Waals surface area contributed by atoms with Gasteiger partial charge < -0.3 is 13.9 Å². The third-order valence-corrected chi connectivity index (χ3v) is 5.36. The molecule has 0 saturated heterocycles. The first-order valence-electron chi connectivity index (χ1n) is 10.1. The van der Waals surface area contributed by atoms with Crippen molar-refractivity contribution in [3.63, 3.8) is 0 Å². The average Bonchev–Trinajstić information content (AvgIpc) is 3.24. The molecule has 0 aliphatic carbocycles. The Balaban J connectivity index is 1.76. The van der Waals surface area contributed by atoms with Gasteiger partial charge in [-0.3, -0.25) is 14.0 Å². The molecule has 3 heterocycles. The minimum Gasteiger partial charge on any atom is -0.493 e. The summed E-state index contributed by atoms with van der Waals surface area (Å²) in [6.07, 6.45) is 0. The molecule has 162 valence electrons. The van der Waals surface area contributed by atoms with Gasteiger partial charge in [-0.1, -0.05) is 0 Å². The summed E-state index contributed by atoms with van der Waals surface area (Å²) in [5.41, 5.74) is 3.94. The molecule has 31 heavy (non-hydrogen) atoms. The topological polar surface area (TPSA) is 84.3 Å². The van der Waals surface area contributed by atoms with E-state index in [9.17, 15) is 4.79 Å². The molecule has 0 spiro atoms. The maximum Gasteiger partial charge on any atom is 0.252 e. The minimum atomic E-state index is -0.0975. The number of ether oxygens (including phenoxy) is 2. The summed E-state index contributed by atoms with van der Waals surface area (Å²) in [5.74, 6) is 2.39. The zero-order chi connectivity index (χ0) is 22.3. The Morgan fingerprint density at radius 2 is 1.90 bits per heavy atom. The number of fused-ring (bicyclic) bond motifs is 1. The Bertz CT molecular complexity index is 1330. The van der Waals surface area contributed by atoms with Crippen LogP contribution in [-0.2, 0) is 13.6 Å². The van der Waals surface area contributed by atoms with Gasteiger partial charge in [-0.15, -0.1) is 0 Å². The lowest BCUT2D eigenvalue weighted by Gasteiger charge is -2.10. The number of nitrogens with zero attached hydrogens (tertiary/aromatic N) is 4. The fraction of sp³-hybridized carbons (Fsp3) is 0.348. The highest BCUT2D eigenvalue weighted by Crippen LogP contribution is 2.33. The Morgan fingerprint density at radius 3 is 2.61 bits per heavy atom. The van der Waals surface area contributed by atoms with Gasteiger partial charge in [-0.25, -0.2) is 4.98 Å². The van der Waals surface area contributed by atoms with E-state index in [4.69, 9.17) is 13.9 Å². The van der Waals surface area contributed by atoms with Crippen LogP contribution in [0.1, 0.15) is 29.6 Å². The second-order valence-electron chi connectivity index (χ2n) is 7.48. The van der Waals surface area contributed by atoms with Crippen LogP contribution in [0, 0.1) is 20.8 Å². The summed E-state index contributed by atoms with van der Waals surface area (Å²) in [6.45, 7) is 8.49. The van der Waals surface area contributed by atoms with Gasteiger partial charge in [0.1, 0.15) is 17.1 Å². The zero-order valence-corrected chi connectivity index (χ0v) is 18.6. The lowest BCUT2D eigenvalue weighted by atomic mass is 10.1. The molecule has 0 aliphatic heterocycles. The number of hydrogen-bond acceptors (Lipinski definition) is 6. The number of aryl methyl sites for hydroxylation is 4. The molecular formula is C23H26N4O4. The SMILES string of the molecule is CCOc1ccc(-c2nc(Cn3c(=O)cc(C)c4c(C)nn(C)c43)c(C)o2)cc1OC. The second-order valence-corrected chi connectivity index (χ2v) is 7.48. The standard InChI is InChI=1S/C23H26N4O4/c1-7-30-18-9-8-16(11-19(18)29-6)22-24-17(15(4)31-22)12-27-20(28)10-13(2)21-14(3)25-26(5)23(21)27/h8-11H,7,12H2,1-6H3. The fourth-order valence-electron chi connectivity index (χ4n) is 3.93. The highest BCUT2D eigenvalue weighted by molar-refractivity contribution is 5.82. The molecule has 0 aliphatic rings. The molecule has 0 unspecified atom stereocenters. The number of hydrogen-bond donors (Lipinski definition) is 0. The van der Waals surface area contributed by atoms with E-state index in [1.54, 1.807) is 22.4 Å². The molecule has 0 N–H and O–H groups in total. The summed E-state index contributed by atoms with van der Waals surface area (Å²) >= 11 is 0. The third-order valence-electron chi connectivity index (χ3n) is 5.36. The van der Waals surface area contributed by atoms with Crippen LogP contribution in [0.2, 0.25) is 0 Å². The van der Waals surface area contributed by atoms with Gasteiger partial charge in [0.15, 0.2) is 11.5 Å². The van der Waals surface area contributed by atoms with E-state index in [-0.39, 0.29) is 12.1 Å². The number of oxazole rings is 1. The van der Waals surface area contributed by atoms with Crippen molar-refractivity contribution in [3.8, 4) is 23.0 Å². The van der Waals surface area contributed by atoms with Gasteiger partial charge in [-0.05, 0) is 51.5 Å². The first-order valence-corrected chi connectivity index (χ1v) is 10.1. The highest BCUT2D eigenvalue weighted by Gasteiger charge is 2.18. The third kappa shape index (κ3) is 3.58. The lowest BCUT2D eigenvalue weighted by molar-refractivity contribution is 0.311. The summed E-state index contributed by atoms with van der Waals surface area (Å²) < 4.78 is 20.4. The molecule has 0 saturated carbocycles. The van der Waals surface area contributed by atoms with Crippen LogP contribution in [0.25, 0.3) is 22.5 Å². The summed E-state index contributed by atoms with van der Waals surface area (Å²) in [4.78, 5) is 17.5. The van der Waals surface area contributed by atoms with Crippen molar-refractivity contribution in [2.24, 2.45) is 7.05 Å². The first-order chi connectivity index (χ1) is 14.8. The summed E-state index contributed by atoms with van der Waals surface area (Å²) in [5, 5.41) is 5.49. The van der Waals surface area contributed by atoms with Gasteiger partial charge in [0, 0.05) is 24.1 Å². The molecular weight excluding hydrogens is 396 g/mol. The first kappa shape index (κ1) is 20.7. The number of pyridine rings is 1. The largest absolute Gasteiger partial charge is 0.493 e. The van der Waals surface area contributed by atoms with Crippen molar-refractivity contribution in [1.82, 2.24) is 19.3 Å². The maximum absolute atomic E-state index is 12.8. The zero-order valence-electron chi connectivity index (χ0n) is 18.6. The molecule has 0 atom stereocenters. The molecule has 0 bridgehead atoms. The monoisotopic (exact) mass is 422 g/mol. The Kier molecular flexibility index (Phi) is 5.31. The lowest BCUT2D eigenvalue weighted by Crippen LogP contribution is -2.22. The molecule has 0 fully saturated rings. The quantitative estimate of drug-likeness (QED) is 0.470. The van der Waals surface area contributed by atoms with Crippen molar-refractivity contribution < 1.29 is 13.9 Å². The fourth-order valence-corrected chi connectivity index (χ4v) is 3.93. The molecule has 0 radical (unpaired) electrons. The molecule has 8 heteroatoms. The van der Waals surface area contributed by atoms with Crippen LogP contribution in [0.3, 0.4) is 0 Å². The smallest absolute Gasteiger partial charge is 0.252 e. The van der Waals surface area contributed by atoms with Crippen molar-refractivity contribution in [3.05, 3.63) is 57.3 Å². The van der Waals surface area contributed by atoms with Gasteiger partial charge in [0.25, 0.3) is 5.56 Å². The van der Waals surface area contributed by atoms with Gasteiger partial charge in [0.2, 0.25) is 5.89 Å². The number of rotatable bonds is 6. The van der Waals surface area contributed by atoms with E-state index in [2.05, 4.69) is 10.1 Å². The van der Waals surface area contributed by atoms with Gasteiger partial charge in [0.05, 0.1) is 26.0 Å². The predicted molar refractivity (Wildman–Crippen MR) is 118 cm³/mol. The van der Waals surface area contributed by atoms with Crippen molar-refractivity contribution in [2.45, 2.75) is 34.2 Å². The van der Waals surface area contributed by atoms with Crippen LogP contribution in [0.4, 0.5) is 0 Å². The second kappa shape index (κ2) is 7.94. The molecule has 8 nitrogen and oxygen atoms in total. The molecule has 4 aromatic rings. The van der Waals surface area contributed by atoms with E-state index in [0.29, 0.717) is 35.5 Å². The van der Waals surface area contributed by atoms with Crippen LogP contribution in [0.15, 0.2) is 33.5 Å². The highest BCUT2D eigenvalue weighted by atomic mass is 16.5. The van der Waals surface area contributed by atoms with E-state index < -0.39 is 0 Å². The van der Waals surface area contributed by atoms with Crippen LogP contribution < -0.4 is 15.0 Å². The molecule has 4 rings (SSSR count). The Morgan fingerprint density at radius 1 is 1.13 bits per heavy atom. The normalized spacial score (nSPS) is 11.3. The van der Waals surface area contributed by atoms with Crippen molar-refractivity contribution >= 4 is 11.0 Å². The minimum absolute atomic E-state index is 0.0975. The van der Waals surface area contributed by atoms with E-state index >= 15 is 0 Å². The van der Waals surface area contributed by atoms with E-state index in [0.717, 1.165) is 27.9 Å². The average molecular weight is 422 g/mol.